The van der Waals surface area contributed by atoms with Gasteiger partial charge in [-0.3, -0.25) is 0 Å². The Morgan fingerprint density at radius 2 is 1.95 bits per heavy atom. The summed E-state index contributed by atoms with van der Waals surface area (Å²) in [5.41, 5.74) is 11.5. The molecule has 0 aliphatic heterocycles. The first-order valence-electron chi connectivity index (χ1n) is 7.18. The Kier molecular flexibility index (Phi) is 2.77. The molecule has 4 rings (SSSR count). The van der Waals surface area contributed by atoms with Crippen LogP contribution in [0.4, 0.5) is 11.4 Å². The molecule has 0 amide bonds. The average molecular weight is 280 g/mol. The van der Waals surface area contributed by atoms with Gasteiger partial charge in [0.15, 0.2) is 11.0 Å². The number of anilines is 2. The second-order valence-electron chi connectivity index (χ2n) is 5.45. The number of nitrogen functional groups attached to an aromatic ring is 1. The van der Waals surface area contributed by atoms with E-state index >= 15 is 0 Å². The number of hydrogen-bond acceptors (Lipinski definition) is 5. The maximum Gasteiger partial charge on any atom is 0.160 e. The first-order chi connectivity index (χ1) is 10.3. The molecule has 0 spiro atoms. The molecule has 1 aliphatic carbocycles. The minimum atomic E-state index is 0.290. The molecule has 0 saturated heterocycles. The van der Waals surface area contributed by atoms with Gasteiger partial charge in [0.25, 0.3) is 0 Å². The van der Waals surface area contributed by atoms with Crippen molar-refractivity contribution in [2.75, 3.05) is 11.1 Å². The van der Waals surface area contributed by atoms with Gasteiger partial charge in [-0.25, -0.2) is 4.63 Å². The quantitative estimate of drug-likeness (QED) is 0.704. The van der Waals surface area contributed by atoms with Crippen LogP contribution in [0, 0.1) is 0 Å². The summed E-state index contributed by atoms with van der Waals surface area (Å²) < 4.78 is 4.83. The molecule has 1 unspecified atom stereocenters. The Labute approximate surface area is 122 Å². The fraction of sp³-hybridized carbons (Fsp3) is 0.250. The number of benzene rings is 2. The lowest BCUT2D eigenvalue weighted by Crippen LogP contribution is -2.17. The van der Waals surface area contributed by atoms with Crippen molar-refractivity contribution in [1.29, 1.82) is 0 Å². The zero-order valence-corrected chi connectivity index (χ0v) is 11.5. The zero-order chi connectivity index (χ0) is 14.2. The van der Waals surface area contributed by atoms with Crippen molar-refractivity contribution in [3.05, 3.63) is 47.5 Å². The van der Waals surface area contributed by atoms with E-state index in [-0.39, 0.29) is 0 Å². The Morgan fingerprint density at radius 1 is 1.10 bits per heavy atom. The second-order valence-corrected chi connectivity index (χ2v) is 5.45. The standard InChI is InChI=1S/C16H16N4O/c17-12-8-9-14(16-15(12)19-21-20-16)18-13-7-3-5-10-4-1-2-6-11(10)13/h1-2,4,6,8-9,13,18H,3,5,7,17H2. The van der Waals surface area contributed by atoms with Gasteiger partial charge in [-0.15, -0.1) is 0 Å². The first kappa shape index (κ1) is 12.2. The third kappa shape index (κ3) is 2.01. The minimum absolute atomic E-state index is 0.290. The fourth-order valence-corrected chi connectivity index (χ4v) is 3.09. The summed E-state index contributed by atoms with van der Waals surface area (Å²) in [6.45, 7) is 0. The molecule has 106 valence electrons. The summed E-state index contributed by atoms with van der Waals surface area (Å²) in [5, 5.41) is 11.4. The SMILES string of the molecule is Nc1ccc(NC2CCCc3ccccc32)c2nonc12. The van der Waals surface area contributed by atoms with Crippen LogP contribution < -0.4 is 11.1 Å². The normalized spacial score (nSPS) is 17.6. The summed E-state index contributed by atoms with van der Waals surface area (Å²) in [5.74, 6) is 0. The van der Waals surface area contributed by atoms with Crippen LogP contribution in [-0.2, 0) is 6.42 Å². The van der Waals surface area contributed by atoms with Gasteiger partial charge in [0.05, 0.1) is 17.4 Å². The van der Waals surface area contributed by atoms with Crippen LogP contribution in [-0.4, -0.2) is 10.3 Å². The molecule has 5 nitrogen and oxygen atoms in total. The maximum absolute atomic E-state index is 5.89. The monoisotopic (exact) mass is 280 g/mol. The van der Waals surface area contributed by atoms with Gasteiger partial charge in [-0.05, 0) is 52.8 Å². The summed E-state index contributed by atoms with van der Waals surface area (Å²) in [6, 6.07) is 12.7. The molecule has 1 aliphatic rings. The average Bonchev–Trinajstić information content (AvgIpc) is 3.01. The highest BCUT2D eigenvalue weighted by molar-refractivity contribution is 5.95. The van der Waals surface area contributed by atoms with Crippen LogP contribution in [0.15, 0.2) is 41.0 Å². The van der Waals surface area contributed by atoms with Crippen molar-refractivity contribution in [1.82, 2.24) is 10.3 Å². The molecule has 1 atom stereocenters. The highest BCUT2D eigenvalue weighted by atomic mass is 16.6. The number of nitrogens with zero attached hydrogens (tertiary/aromatic N) is 2. The van der Waals surface area contributed by atoms with Crippen LogP contribution >= 0.6 is 0 Å². The molecule has 5 heteroatoms. The lowest BCUT2D eigenvalue weighted by molar-refractivity contribution is 0.315. The summed E-state index contributed by atoms with van der Waals surface area (Å²) in [7, 11) is 0. The molecule has 21 heavy (non-hydrogen) atoms. The van der Waals surface area contributed by atoms with Gasteiger partial charge in [0.1, 0.15) is 0 Å². The molecular formula is C16H16N4O. The van der Waals surface area contributed by atoms with E-state index in [4.69, 9.17) is 10.4 Å². The van der Waals surface area contributed by atoms with Gasteiger partial charge in [0.2, 0.25) is 0 Å². The van der Waals surface area contributed by atoms with Crippen LogP contribution in [0.3, 0.4) is 0 Å². The minimum Gasteiger partial charge on any atom is -0.397 e. The number of fused-ring (bicyclic) bond motifs is 2. The van der Waals surface area contributed by atoms with Crippen molar-refractivity contribution in [3.8, 4) is 0 Å². The van der Waals surface area contributed by atoms with E-state index < -0.39 is 0 Å². The van der Waals surface area contributed by atoms with Crippen molar-refractivity contribution in [2.45, 2.75) is 25.3 Å². The van der Waals surface area contributed by atoms with Gasteiger partial charge < -0.3 is 11.1 Å². The summed E-state index contributed by atoms with van der Waals surface area (Å²) >= 11 is 0. The Hall–Kier alpha value is -2.56. The number of aryl methyl sites for hydroxylation is 1. The Morgan fingerprint density at radius 3 is 2.90 bits per heavy atom. The second kappa shape index (κ2) is 4.77. The number of nitrogens with one attached hydrogen (secondary N) is 1. The zero-order valence-electron chi connectivity index (χ0n) is 11.5. The molecule has 1 aromatic heterocycles. The first-order valence-corrected chi connectivity index (χ1v) is 7.18. The third-order valence-electron chi connectivity index (χ3n) is 4.15. The molecule has 0 saturated carbocycles. The Balaban J connectivity index is 1.73. The van der Waals surface area contributed by atoms with Crippen molar-refractivity contribution >= 4 is 22.4 Å². The molecule has 2 aromatic carbocycles. The highest BCUT2D eigenvalue weighted by Gasteiger charge is 2.21. The summed E-state index contributed by atoms with van der Waals surface area (Å²) in [4.78, 5) is 0. The molecule has 0 fully saturated rings. The maximum atomic E-state index is 5.89. The third-order valence-corrected chi connectivity index (χ3v) is 4.15. The summed E-state index contributed by atoms with van der Waals surface area (Å²) in [6.07, 6.45) is 3.44. The number of rotatable bonds is 2. The van der Waals surface area contributed by atoms with Gasteiger partial charge >= 0.3 is 0 Å². The van der Waals surface area contributed by atoms with E-state index in [2.05, 4.69) is 39.9 Å². The van der Waals surface area contributed by atoms with E-state index in [1.54, 1.807) is 0 Å². The molecule has 3 N–H and O–H groups in total. The lowest BCUT2D eigenvalue weighted by atomic mass is 9.87. The number of hydrogen-bond donors (Lipinski definition) is 2. The molecule has 0 bridgehead atoms. The van der Waals surface area contributed by atoms with Gasteiger partial charge in [-0.2, -0.15) is 0 Å². The van der Waals surface area contributed by atoms with Gasteiger partial charge in [0, 0.05) is 0 Å². The molecular weight excluding hydrogens is 264 g/mol. The number of aromatic nitrogens is 2. The van der Waals surface area contributed by atoms with Crippen LogP contribution in [0.2, 0.25) is 0 Å². The topological polar surface area (TPSA) is 77.0 Å². The lowest BCUT2D eigenvalue weighted by Gasteiger charge is -2.27. The molecule has 3 aromatic rings. The van der Waals surface area contributed by atoms with Crippen LogP contribution in [0.5, 0.6) is 0 Å². The van der Waals surface area contributed by atoms with Crippen molar-refractivity contribution < 1.29 is 4.63 Å². The van der Waals surface area contributed by atoms with Crippen LogP contribution in [0.1, 0.15) is 30.0 Å². The van der Waals surface area contributed by atoms with Gasteiger partial charge in [-0.1, -0.05) is 24.3 Å². The van der Waals surface area contributed by atoms with Crippen molar-refractivity contribution in [2.24, 2.45) is 0 Å². The van der Waals surface area contributed by atoms with E-state index in [0.717, 1.165) is 18.5 Å². The van der Waals surface area contributed by atoms with E-state index in [1.165, 1.54) is 17.5 Å². The highest BCUT2D eigenvalue weighted by Crippen LogP contribution is 2.34. The largest absolute Gasteiger partial charge is 0.397 e. The number of nitrogens with two attached hydrogens (primary N) is 1. The Bertz CT molecular complexity index is 796. The van der Waals surface area contributed by atoms with E-state index in [0.29, 0.717) is 22.8 Å². The van der Waals surface area contributed by atoms with Crippen LogP contribution in [0.25, 0.3) is 11.0 Å². The van der Waals surface area contributed by atoms with E-state index in [9.17, 15) is 0 Å². The predicted octanol–water partition coefficient (Wildman–Crippen LogP) is 3.29. The van der Waals surface area contributed by atoms with E-state index in [1.807, 2.05) is 12.1 Å². The van der Waals surface area contributed by atoms with Crippen molar-refractivity contribution in [3.63, 3.8) is 0 Å². The molecule has 1 heterocycles. The fourth-order valence-electron chi connectivity index (χ4n) is 3.09. The predicted molar refractivity (Wildman–Crippen MR) is 82.0 cm³/mol. The molecule has 0 radical (unpaired) electrons. The smallest absolute Gasteiger partial charge is 0.160 e.